The zero-order valence-electron chi connectivity index (χ0n) is 16.3. The lowest BCUT2D eigenvalue weighted by Gasteiger charge is -2.34. The van der Waals surface area contributed by atoms with Gasteiger partial charge in [0.1, 0.15) is 0 Å². The predicted molar refractivity (Wildman–Crippen MR) is 107 cm³/mol. The van der Waals surface area contributed by atoms with Crippen LogP contribution in [0.2, 0.25) is 5.02 Å². The maximum Gasteiger partial charge on any atom is 0.257 e. The first-order chi connectivity index (χ1) is 13.5. The fourth-order valence-corrected chi connectivity index (χ4v) is 4.27. The Morgan fingerprint density at radius 3 is 2.57 bits per heavy atom. The summed E-state index contributed by atoms with van der Waals surface area (Å²) in [6.07, 6.45) is 3.38. The van der Waals surface area contributed by atoms with Crippen molar-refractivity contribution in [3.8, 4) is 5.69 Å². The van der Waals surface area contributed by atoms with E-state index >= 15 is 0 Å². The van der Waals surface area contributed by atoms with Crippen LogP contribution in [0.15, 0.2) is 30.5 Å². The van der Waals surface area contributed by atoms with E-state index in [1.807, 2.05) is 33.8 Å². The van der Waals surface area contributed by atoms with Gasteiger partial charge in [-0.1, -0.05) is 31.5 Å². The van der Waals surface area contributed by atoms with Gasteiger partial charge in [0.2, 0.25) is 0 Å². The third kappa shape index (κ3) is 3.81. The van der Waals surface area contributed by atoms with Crippen LogP contribution in [0.5, 0.6) is 0 Å². The van der Waals surface area contributed by atoms with E-state index in [0.29, 0.717) is 42.8 Å². The summed E-state index contributed by atoms with van der Waals surface area (Å²) in [5, 5.41) is 5.16. The molecule has 28 heavy (non-hydrogen) atoms. The Morgan fingerprint density at radius 2 is 1.93 bits per heavy atom. The van der Waals surface area contributed by atoms with Gasteiger partial charge in [-0.05, 0) is 37.0 Å². The molecule has 1 aromatic carbocycles. The molecule has 0 spiro atoms. The lowest BCUT2D eigenvalue weighted by Crippen LogP contribution is -2.41. The molecule has 0 aliphatic carbocycles. The van der Waals surface area contributed by atoms with E-state index in [2.05, 4.69) is 18.9 Å². The lowest BCUT2D eigenvalue weighted by molar-refractivity contribution is -0.0956. The van der Waals surface area contributed by atoms with Crippen molar-refractivity contribution < 1.29 is 14.3 Å². The van der Waals surface area contributed by atoms with Crippen LogP contribution in [-0.4, -0.2) is 53.2 Å². The van der Waals surface area contributed by atoms with Gasteiger partial charge in [0.05, 0.1) is 36.4 Å². The number of piperidine rings is 1. The number of aromatic nitrogens is 2. The van der Waals surface area contributed by atoms with Crippen LogP contribution in [0.1, 0.15) is 48.7 Å². The van der Waals surface area contributed by atoms with E-state index in [4.69, 9.17) is 21.1 Å². The molecule has 2 saturated heterocycles. The summed E-state index contributed by atoms with van der Waals surface area (Å²) in [5.74, 6) is 0.562. The van der Waals surface area contributed by atoms with E-state index in [0.717, 1.165) is 24.2 Å². The molecule has 2 fully saturated rings. The number of ether oxygens (including phenoxy) is 2. The molecule has 2 aliphatic heterocycles. The van der Waals surface area contributed by atoms with E-state index in [9.17, 15) is 4.79 Å². The van der Waals surface area contributed by atoms with Gasteiger partial charge in [0.15, 0.2) is 6.29 Å². The molecule has 0 saturated carbocycles. The monoisotopic (exact) mass is 403 g/mol. The fraction of sp³-hybridized carbons (Fsp3) is 0.524. The topological polar surface area (TPSA) is 56.6 Å². The summed E-state index contributed by atoms with van der Waals surface area (Å²) >= 11 is 6.15. The Kier molecular flexibility index (Phi) is 5.71. The van der Waals surface area contributed by atoms with E-state index in [1.165, 1.54) is 0 Å². The number of hydrogen-bond acceptors (Lipinski definition) is 4. The van der Waals surface area contributed by atoms with Gasteiger partial charge < -0.3 is 14.4 Å². The van der Waals surface area contributed by atoms with Crippen LogP contribution in [0, 0.1) is 5.92 Å². The van der Waals surface area contributed by atoms with Crippen molar-refractivity contribution in [3.05, 3.63) is 46.7 Å². The van der Waals surface area contributed by atoms with Crippen LogP contribution < -0.4 is 0 Å². The molecule has 4 rings (SSSR count). The number of hydrogen-bond donors (Lipinski definition) is 0. The van der Waals surface area contributed by atoms with Gasteiger partial charge in [-0.3, -0.25) is 4.79 Å². The van der Waals surface area contributed by atoms with Crippen LogP contribution >= 0.6 is 11.6 Å². The van der Waals surface area contributed by atoms with E-state index in [-0.39, 0.29) is 18.1 Å². The zero-order chi connectivity index (χ0) is 19.7. The Hall–Kier alpha value is -1.89. The number of amides is 1. The normalized spacial score (nSPS) is 18.9. The second kappa shape index (κ2) is 8.23. The number of rotatable bonds is 4. The molecule has 0 radical (unpaired) electrons. The summed E-state index contributed by atoms with van der Waals surface area (Å²) in [5.41, 5.74) is 2.45. The molecule has 3 heterocycles. The molecule has 2 aromatic rings. The minimum absolute atomic E-state index is 0.0451. The summed E-state index contributed by atoms with van der Waals surface area (Å²) < 4.78 is 13.1. The Morgan fingerprint density at radius 1 is 1.21 bits per heavy atom. The molecule has 1 aromatic heterocycles. The minimum atomic E-state index is -0.103. The molecule has 0 bridgehead atoms. The molecule has 2 aliphatic rings. The minimum Gasteiger partial charge on any atom is -0.350 e. The Bertz CT molecular complexity index is 837. The highest BCUT2D eigenvalue weighted by Crippen LogP contribution is 2.29. The van der Waals surface area contributed by atoms with Gasteiger partial charge in [0, 0.05) is 24.0 Å². The average Bonchev–Trinajstić information content (AvgIpc) is 3.37. The molecule has 150 valence electrons. The van der Waals surface area contributed by atoms with Crippen molar-refractivity contribution in [2.75, 3.05) is 26.3 Å². The first-order valence-corrected chi connectivity index (χ1v) is 10.3. The van der Waals surface area contributed by atoms with Crippen molar-refractivity contribution >= 4 is 17.5 Å². The number of nitrogens with zero attached hydrogens (tertiary/aromatic N) is 3. The van der Waals surface area contributed by atoms with Crippen molar-refractivity contribution in [2.45, 2.75) is 38.9 Å². The van der Waals surface area contributed by atoms with Crippen LogP contribution in [0.25, 0.3) is 5.69 Å². The third-order valence-electron chi connectivity index (χ3n) is 5.50. The zero-order valence-corrected chi connectivity index (χ0v) is 17.1. The Balaban J connectivity index is 1.53. The highest BCUT2D eigenvalue weighted by Gasteiger charge is 2.33. The summed E-state index contributed by atoms with van der Waals surface area (Å²) in [7, 11) is 0. The number of carbonyl (C=O) groups excluding carboxylic acids is 1. The molecule has 1 amide bonds. The van der Waals surface area contributed by atoms with Crippen LogP contribution in [0.3, 0.4) is 0 Å². The first-order valence-electron chi connectivity index (χ1n) is 9.91. The number of halogens is 1. The van der Waals surface area contributed by atoms with Crippen molar-refractivity contribution in [1.29, 1.82) is 0 Å². The quantitative estimate of drug-likeness (QED) is 0.777. The van der Waals surface area contributed by atoms with Gasteiger partial charge in [-0.25, -0.2) is 4.68 Å². The summed E-state index contributed by atoms with van der Waals surface area (Å²) in [6, 6.07) is 7.54. The van der Waals surface area contributed by atoms with Crippen molar-refractivity contribution in [3.63, 3.8) is 0 Å². The number of benzene rings is 1. The highest BCUT2D eigenvalue weighted by molar-refractivity contribution is 6.30. The molecule has 6 nitrogen and oxygen atoms in total. The van der Waals surface area contributed by atoms with E-state index in [1.54, 1.807) is 6.20 Å². The Labute approximate surface area is 170 Å². The molecule has 0 N–H and O–H groups in total. The van der Waals surface area contributed by atoms with Gasteiger partial charge >= 0.3 is 0 Å². The van der Waals surface area contributed by atoms with Crippen LogP contribution in [0.4, 0.5) is 0 Å². The maximum absolute atomic E-state index is 13.2. The second-order valence-electron chi connectivity index (χ2n) is 7.73. The third-order valence-corrected chi connectivity index (χ3v) is 5.73. The van der Waals surface area contributed by atoms with Gasteiger partial charge in [-0.2, -0.15) is 5.10 Å². The van der Waals surface area contributed by atoms with Crippen LogP contribution in [-0.2, 0) is 9.47 Å². The van der Waals surface area contributed by atoms with Gasteiger partial charge in [0.25, 0.3) is 5.91 Å². The summed E-state index contributed by atoms with van der Waals surface area (Å²) in [4.78, 5) is 15.2. The maximum atomic E-state index is 13.2. The first kappa shape index (κ1) is 19.4. The highest BCUT2D eigenvalue weighted by atomic mass is 35.5. The second-order valence-corrected chi connectivity index (χ2v) is 8.17. The molecule has 0 atom stereocenters. The lowest BCUT2D eigenvalue weighted by atomic mass is 9.95. The SMILES string of the molecule is CC(C)c1c(C(=O)N2CCC(C3OCCO3)CC2)cnn1-c1cccc(Cl)c1. The summed E-state index contributed by atoms with van der Waals surface area (Å²) in [6.45, 7) is 6.93. The molecule has 0 unspecified atom stereocenters. The molecule has 7 heteroatoms. The molecular weight excluding hydrogens is 378 g/mol. The number of carbonyl (C=O) groups is 1. The van der Waals surface area contributed by atoms with E-state index < -0.39 is 0 Å². The standard InChI is InChI=1S/C21H26ClN3O3/c1-14(2)19-18(13-23-25(19)17-5-3-4-16(22)12-17)20(26)24-8-6-15(7-9-24)21-27-10-11-28-21/h3-5,12-15,21H,6-11H2,1-2H3. The fourth-order valence-electron chi connectivity index (χ4n) is 4.09. The van der Waals surface area contributed by atoms with Crippen molar-refractivity contribution in [2.24, 2.45) is 5.92 Å². The van der Waals surface area contributed by atoms with Gasteiger partial charge in [-0.15, -0.1) is 0 Å². The predicted octanol–water partition coefficient (Wildman–Crippen LogP) is 3.87. The smallest absolute Gasteiger partial charge is 0.257 e. The molecular formula is C21H26ClN3O3. The average molecular weight is 404 g/mol. The number of likely N-dealkylation sites (tertiary alicyclic amines) is 1. The largest absolute Gasteiger partial charge is 0.350 e. The van der Waals surface area contributed by atoms with Crippen molar-refractivity contribution in [1.82, 2.24) is 14.7 Å².